The Labute approximate surface area is 187 Å². The maximum atomic E-state index is 14.8. The molecular formula is C24H28FN5O2. The smallest absolute Gasteiger partial charge is 0.247 e. The second-order valence-electron chi connectivity index (χ2n) is 9.28. The van der Waals surface area contributed by atoms with Gasteiger partial charge in [-0.15, -0.1) is 0 Å². The van der Waals surface area contributed by atoms with Gasteiger partial charge in [-0.1, -0.05) is 26.0 Å². The van der Waals surface area contributed by atoms with Gasteiger partial charge in [-0.2, -0.15) is 10.4 Å². The Bertz CT molecular complexity index is 1060. The fourth-order valence-electron chi connectivity index (χ4n) is 4.70. The van der Waals surface area contributed by atoms with Crippen molar-refractivity contribution in [3.05, 3.63) is 42.0 Å². The maximum Gasteiger partial charge on any atom is 0.247 e. The molecule has 0 radical (unpaired) electrons. The van der Waals surface area contributed by atoms with Crippen molar-refractivity contribution >= 4 is 11.8 Å². The second-order valence-corrected chi connectivity index (χ2v) is 9.28. The number of fused-ring (bicyclic) bond motifs is 2. The van der Waals surface area contributed by atoms with Crippen LogP contribution in [0, 0.1) is 29.0 Å². The first kappa shape index (κ1) is 22.2. The number of carbonyl (C=O) groups excluding carboxylic acids is 2. The van der Waals surface area contributed by atoms with Gasteiger partial charge in [0.2, 0.25) is 11.8 Å². The van der Waals surface area contributed by atoms with Crippen LogP contribution in [0.1, 0.15) is 49.9 Å². The zero-order chi connectivity index (χ0) is 22.8. The van der Waals surface area contributed by atoms with Gasteiger partial charge in [0.1, 0.15) is 11.9 Å². The molecule has 1 aromatic carbocycles. The maximum absolute atomic E-state index is 14.8. The fraction of sp³-hybridized carbons (Fsp3) is 0.500. The second kappa shape index (κ2) is 9.21. The molecule has 8 heteroatoms. The van der Waals surface area contributed by atoms with Crippen LogP contribution in [0.3, 0.4) is 0 Å². The molecule has 1 amide bonds. The Balaban J connectivity index is 1.40. The Morgan fingerprint density at radius 2 is 2.16 bits per heavy atom. The molecule has 1 aliphatic heterocycles. The van der Waals surface area contributed by atoms with Gasteiger partial charge in [-0.3, -0.25) is 9.59 Å². The summed E-state index contributed by atoms with van der Waals surface area (Å²) >= 11 is 0. The topological polar surface area (TPSA) is 99.8 Å². The molecule has 4 atom stereocenters. The van der Waals surface area contributed by atoms with Gasteiger partial charge in [0.15, 0.2) is 0 Å². The van der Waals surface area contributed by atoms with E-state index in [1.165, 1.54) is 16.9 Å². The first-order chi connectivity index (χ1) is 15.3. The van der Waals surface area contributed by atoms with Gasteiger partial charge < -0.3 is 10.6 Å². The Morgan fingerprint density at radius 3 is 2.78 bits per heavy atom. The SMILES string of the molecule is CC(C)CC(=O)n1cc(-c2ccc(C[C@@H](C#N)NC(=O)[C@H]3N[C@H]4CC[C@H]3C4)c(F)c2)cn1. The van der Waals surface area contributed by atoms with Crippen molar-refractivity contribution in [1.29, 1.82) is 5.26 Å². The summed E-state index contributed by atoms with van der Waals surface area (Å²) in [5.74, 6) is -0.208. The van der Waals surface area contributed by atoms with E-state index in [1.807, 2.05) is 13.8 Å². The number of hydrogen-bond acceptors (Lipinski definition) is 5. The summed E-state index contributed by atoms with van der Waals surface area (Å²) in [5.41, 5.74) is 1.59. The monoisotopic (exact) mass is 437 g/mol. The molecule has 7 nitrogen and oxygen atoms in total. The molecule has 2 aromatic rings. The first-order valence-corrected chi connectivity index (χ1v) is 11.2. The minimum Gasteiger partial charge on any atom is -0.339 e. The van der Waals surface area contributed by atoms with E-state index >= 15 is 0 Å². The van der Waals surface area contributed by atoms with Crippen LogP contribution < -0.4 is 10.6 Å². The zero-order valence-electron chi connectivity index (χ0n) is 18.3. The summed E-state index contributed by atoms with van der Waals surface area (Å²) < 4.78 is 16.1. The van der Waals surface area contributed by atoms with Crippen molar-refractivity contribution in [3.8, 4) is 17.2 Å². The summed E-state index contributed by atoms with van der Waals surface area (Å²) in [6, 6.07) is 6.13. The number of aromatic nitrogens is 2. The lowest BCUT2D eigenvalue weighted by Gasteiger charge is -2.23. The van der Waals surface area contributed by atoms with E-state index in [0.29, 0.717) is 35.1 Å². The summed E-state index contributed by atoms with van der Waals surface area (Å²) in [4.78, 5) is 24.7. The molecule has 4 rings (SSSR count). The number of nitrogens with zero attached hydrogens (tertiary/aromatic N) is 3. The highest BCUT2D eigenvalue weighted by atomic mass is 19.1. The van der Waals surface area contributed by atoms with Gasteiger partial charge in [-0.05, 0) is 48.3 Å². The fourth-order valence-corrected chi connectivity index (χ4v) is 4.70. The van der Waals surface area contributed by atoms with Crippen LogP contribution in [0.15, 0.2) is 30.6 Å². The molecule has 168 valence electrons. The molecule has 32 heavy (non-hydrogen) atoms. The number of benzene rings is 1. The normalized spacial score (nSPS) is 22.7. The Hall–Kier alpha value is -3.05. The van der Waals surface area contributed by atoms with Crippen LogP contribution in [0.25, 0.3) is 11.1 Å². The van der Waals surface area contributed by atoms with Crippen molar-refractivity contribution in [2.24, 2.45) is 11.8 Å². The number of halogens is 1. The molecule has 1 saturated carbocycles. The highest BCUT2D eigenvalue weighted by Gasteiger charge is 2.43. The molecule has 2 heterocycles. The number of carbonyl (C=O) groups is 2. The van der Waals surface area contributed by atoms with E-state index in [-0.39, 0.29) is 30.2 Å². The molecule has 0 unspecified atom stereocenters. The molecular weight excluding hydrogens is 409 g/mol. The molecule has 2 aliphatic rings. The Kier molecular flexibility index (Phi) is 6.38. The third-order valence-electron chi connectivity index (χ3n) is 6.35. The van der Waals surface area contributed by atoms with E-state index in [0.717, 1.165) is 19.3 Å². The number of piperidine rings is 1. The number of rotatable bonds is 7. The molecule has 0 spiro atoms. The number of nitrogens with one attached hydrogen (secondary N) is 2. The summed E-state index contributed by atoms with van der Waals surface area (Å²) in [7, 11) is 0. The third-order valence-corrected chi connectivity index (χ3v) is 6.35. The molecule has 1 aromatic heterocycles. The van der Waals surface area contributed by atoms with Crippen molar-refractivity contribution in [2.75, 3.05) is 0 Å². The van der Waals surface area contributed by atoms with Crippen LogP contribution in [-0.4, -0.2) is 39.7 Å². The molecule has 2 bridgehead atoms. The van der Waals surface area contributed by atoms with Gasteiger partial charge in [0, 0.05) is 30.6 Å². The number of amides is 1. The lowest BCUT2D eigenvalue weighted by Crippen LogP contribution is -2.50. The van der Waals surface area contributed by atoms with Gasteiger partial charge in [-0.25, -0.2) is 9.07 Å². The predicted molar refractivity (Wildman–Crippen MR) is 117 cm³/mol. The quantitative estimate of drug-likeness (QED) is 0.694. The molecule has 2 N–H and O–H groups in total. The molecule has 1 aliphatic carbocycles. The van der Waals surface area contributed by atoms with Crippen molar-refractivity contribution < 1.29 is 14.0 Å². The zero-order valence-corrected chi connectivity index (χ0v) is 18.3. The molecule has 2 fully saturated rings. The summed E-state index contributed by atoms with van der Waals surface area (Å²) in [6.45, 7) is 3.92. The lowest BCUT2D eigenvalue weighted by molar-refractivity contribution is -0.124. The van der Waals surface area contributed by atoms with Crippen LogP contribution in [-0.2, 0) is 11.2 Å². The van der Waals surface area contributed by atoms with Crippen LogP contribution >= 0.6 is 0 Å². The largest absolute Gasteiger partial charge is 0.339 e. The van der Waals surface area contributed by atoms with Gasteiger partial charge >= 0.3 is 0 Å². The summed E-state index contributed by atoms with van der Waals surface area (Å²) in [5, 5.41) is 19.7. The van der Waals surface area contributed by atoms with Crippen LogP contribution in [0.2, 0.25) is 0 Å². The molecule has 1 saturated heterocycles. The summed E-state index contributed by atoms with van der Waals surface area (Å²) in [6.07, 6.45) is 6.73. The lowest BCUT2D eigenvalue weighted by atomic mass is 9.98. The van der Waals surface area contributed by atoms with Gasteiger partial charge in [0.25, 0.3) is 0 Å². The van der Waals surface area contributed by atoms with E-state index in [4.69, 9.17) is 0 Å². The first-order valence-electron chi connectivity index (χ1n) is 11.2. The number of hydrogen-bond donors (Lipinski definition) is 2. The van der Waals surface area contributed by atoms with E-state index in [9.17, 15) is 19.2 Å². The average molecular weight is 438 g/mol. The highest BCUT2D eigenvalue weighted by molar-refractivity contribution is 5.83. The predicted octanol–water partition coefficient (Wildman–Crippen LogP) is 3.07. The number of nitriles is 1. The van der Waals surface area contributed by atoms with Crippen molar-refractivity contribution in [2.45, 2.75) is 64.1 Å². The highest BCUT2D eigenvalue weighted by Crippen LogP contribution is 2.35. The third kappa shape index (κ3) is 4.73. The van der Waals surface area contributed by atoms with Gasteiger partial charge in [0.05, 0.1) is 18.3 Å². The van der Waals surface area contributed by atoms with E-state index in [2.05, 4.69) is 21.8 Å². The van der Waals surface area contributed by atoms with E-state index < -0.39 is 11.9 Å². The van der Waals surface area contributed by atoms with Crippen LogP contribution in [0.4, 0.5) is 4.39 Å². The standard InChI is InChI=1S/C24H28FN5O2/c1-14(2)7-22(31)30-13-18(12-27-30)15-3-4-16(21(25)10-15)8-20(11-26)29-24(32)23-17-5-6-19(9-17)28-23/h3-4,10,12-14,17,19-20,23,28H,5-9H2,1-2H3,(H,29,32)/t17-,19-,20-,23-/m0/s1. The van der Waals surface area contributed by atoms with Crippen LogP contribution in [0.5, 0.6) is 0 Å². The average Bonchev–Trinajstić information content (AvgIpc) is 3.51. The minimum atomic E-state index is -0.805. The van der Waals surface area contributed by atoms with Crippen molar-refractivity contribution in [1.82, 2.24) is 20.4 Å². The van der Waals surface area contributed by atoms with Crippen molar-refractivity contribution in [3.63, 3.8) is 0 Å². The van der Waals surface area contributed by atoms with E-state index in [1.54, 1.807) is 18.3 Å². The Morgan fingerprint density at radius 1 is 1.34 bits per heavy atom. The minimum absolute atomic E-state index is 0.0846.